The molecule has 0 heterocycles. The van der Waals surface area contributed by atoms with E-state index in [1.807, 2.05) is 25.1 Å². The summed E-state index contributed by atoms with van der Waals surface area (Å²) in [7, 11) is 1.58. The number of aryl methyl sites for hydroxylation is 1. The number of esters is 1. The number of ether oxygens (including phenoxy) is 2. The van der Waals surface area contributed by atoms with Crippen LogP contribution in [-0.4, -0.2) is 31.6 Å². The molecule has 0 radical (unpaired) electrons. The Balaban J connectivity index is 1.28. The molecule has 4 bridgehead atoms. The molecule has 4 aliphatic carbocycles. The normalized spacial score (nSPS) is 30.7. The van der Waals surface area contributed by atoms with E-state index in [9.17, 15) is 9.59 Å². The van der Waals surface area contributed by atoms with Crippen LogP contribution < -0.4 is 10.1 Å². The van der Waals surface area contributed by atoms with Crippen molar-refractivity contribution in [2.45, 2.75) is 64.8 Å². The number of carbonyl (C=O) groups is 2. The minimum absolute atomic E-state index is 0.0999. The van der Waals surface area contributed by atoms with Gasteiger partial charge in [0.15, 0.2) is 6.61 Å². The summed E-state index contributed by atoms with van der Waals surface area (Å²) >= 11 is 0. The fourth-order valence-corrected chi connectivity index (χ4v) is 6.54. The fourth-order valence-electron chi connectivity index (χ4n) is 6.54. The molecule has 1 amide bonds. The molecule has 29 heavy (non-hydrogen) atoms. The fraction of sp³-hybridized carbons (Fsp3) is 0.667. The lowest BCUT2D eigenvalue weighted by molar-refractivity contribution is -0.148. The van der Waals surface area contributed by atoms with E-state index in [2.05, 4.69) is 12.2 Å². The van der Waals surface area contributed by atoms with E-state index in [0.717, 1.165) is 28.9 Å². The van der Waals surface area contributed by atoms with Crippen LogP contribution in [0.1, 0.15) is 56.6 Å². The van der Waals surface area contributed by atoms with E-state index >= 15 is 0 Å². The monoisotopic (exact) mass is 399 g/mol. The van der Waals surface area contributed by atoms with Crippen molar-refractivity contribution in [1.29, 1.82) is 0 Å². The molecule has 4 saturated carbocycles. The van der Waals surface area contributed by atoms with E-state index in [4.69, 9.17) is 9.47 Å². The van der Waals surface area contributed by atoms with Gasteiger partial charge in [0.2, 0.25) is 0 Å². The Kier molecular flexibility index (Phi) is 5.58. The van der Waals surface area contributed by atoms with Crippen molar-refractivity contribution >= 4 is 11.9 Å². The van der Waals surface area contributed by atoms with Crippen LogP contribution in [0.15, 0.2) is 18.2 Å². The van der Waals surface area contributed by atoms with Crippen molar-refractivity contribution in [3.05, 3.63) is 29.3 Å². The summed E-state index contributed by atoms with van der Waals surface area (Å²) in [5, 5.41) is 3.15. The van der Waals surface area contributed by atoms with Crippen LogP contribution in [0.25, 0.3) is 0 Å². The van der Waals surface area contributed by atoms with Crippen molar-refractivity contribution in [2.75, 3.05) is 13.7 Å². The minimum atomic E-state index is -0.411. The largest absolute Gasteiger partial charge is 0.496 e. The maximum Gasteiger partial charge on any atom is 0.310 e. The molecule has 0 aliphatic heterocycles. The highest BCUT2D eigenvalue weighted by Crippen LogP contribution is 2.61. The van der Waals surface area contributed by atoms with Gasteiger partial charge in [0.25, 0.3) is 5.91 Å². The Morgan fingerprint density at radius 1 is 1.14 bits per heavy atom. The quantitative estimate of drug-likeness (QED) is 0.708. The number of benzene rings is 1. The molecular formula is C24H33NO4. The molecule has 1 atom stereocenters. The van der Waals surface area contributed by atoms with Gasteiger partial charge in [0.1, 0.15) is 5.75 Å². The summed E-state index contributed by atoms with van der Waals surface area (Å²) < 4.78 is 10.6. The first-order valence-electron chi connectivity index (χ1n) is 11.0. The Labute approximate surface area is 173 Å². The van der Waals surface area contributed by atoms with Crippen LogP contribution >= 0.6 is 0 Å². The molecule has 1 aromatic carbocycles. The molecule has 158 valence electrons. The predicted molar refractivity (Wildman–Crippen MR) is 111 cm³/mol. The van der Waals surface area contributed by atoms with Crippen LogP contribution in [-0.2, 0) is 20.7 Å². The molecule has 5 heteroatoms. The molecule has 1 aromatic rings. The lowest BCUT2D eigenvalue weighted by atomic mass is 9.48. The van der Waals surface area contributed by atoms with Gasteiger partial charge in [-0.15, -0.1) is 0 Å². The summed E-state index contributed by atoms with van der Waals surface area (Å²) in [6.07, 6.45) is 8.00. The maximum atomic E-state index is 12.5. The highest BCUT2D eigenvalue weighted by atomic mass is 16.5. The second-order valence-corrected chi connectivity index (χ2v) is 9.72. The molecule has 1 N–H and O–H groups in total. The predicted octanol–water partition coefficient (Wildman–Crippen LogP) is 3.81. The van der Waals surface area contributed by atoms with Crippen LogP contribution in [0.5, 0.6) is 5.75 Å². The second-order valence-electron chi connectivity index (χ2n) is 9.72. The summed E-state index contributed by atoms with van der Waals surface area (Å²) in [5.74, 6) is 2.60. The van der Waals surface area contributed by atoms with Gasteiger partial charge in [-0.1, -0.05) is 17.7 Å². The third-order valence-electron chi connectivity index (χ3n) is 7.52. The number of rotatable bonds is 7. The average Bonchev–Trinajstić information content (AvgIpc) is 2.65. The lowest BCUT2D eigenvalue weighted by Crippen LogP contribution is -2.56. The van der Waals surface area contributed by atoms with E-state index < -0.39 is 5.97 Å². The van der Waals surface area contributed by atoms with Crippen molar-refractivity contribution in [3.63, 3.8) is 0 Å². The van der Waals surface area contributed by atoms with Crippen LogP contribution in [0.3, 0.4) is 0 Å². The summed E-state index contributed by atoms with van der Waals surface area (Å²) in [6, 6.07) is 5.83. The van der Waals surface area contributed by atoms with Gasteiger partial charge in [-0.2, -0.15) is 0 Å². The molecule has 0 unspecified atom stereocenters. The lowest BCUT2D eigenvalue weighted by Gasteiger charge is -2.59. The molecule has 0 spiro atoms. The first-order valence-corrected chi connectivity index (χ1v) is 11.0. The molecule has 0 saturated heterocycles. The van der Waals surface area contributed by atoms with Gasteiger partial charge < -0.3 is 14.8 Å². The Bertz CT molecular complexity index is 752. The van der Waals surface area contributed by atoms with Crippen LogP contribution in [0, 0.1) is 30.1 Å². The molecular weight excluding hydrogens is 366 g/mol. The molecule has 0 aromatic heterocycles. The summed E-state index contributed by atoms with van der Waals surface area (Å²) in [4.78, 5) is 24.7. The Morgan fingerprint density at radius 2 is 1.76 bits per heavy atom. The van der Waals surface area contributed by atoms with Gasteiger partial charge >= 0.3 is 5.97 Å². The third kappa shape index (κ3) is 4.29. The van der Waals surface area contributed by atoms with Crippen LogP contribution in [0.4, 0.5) is 0 Å². The minimum Gasteiger partial charge on any atom is -0.496 e. The topological polar surface area (TPSA) is 64.6 Å². The summed E-state index contributed by atoms with van der Waals surface area (Å²) in [5.41, 5.74) is 2.08. The zero-order chi connectivity index (χ0) is 20.6. The average molecular weight is 400 g/mol. The van der Waals surface area contributed by atoms with E-state index in [1.165, 1.54) is 38.5 Å². The first kappa shape index (κ1) is 20.2. The van der Waals surface area contributed by atoms with Gasteiger partial charge in [0.05, 0.1) is 13.5 Å². The van der Waals surface area contributed by atoms with Crippen LogP contribution in [0.2, 0.25) is 0 Å². The molecule has 5 nitrogen and oxygen atoms in total. The van der Waals surface area contributed by atoms with Crippen molar-refractivity contribution < 1.29 is 19.1 Å². The number of carbonyl (C=O) groups excluding carboxylic acids is 2. The Hall–Kier alpha value is -2.04. The summed E-state index contributed by atoms with van der Waals surface area (Å²) in [6.45, 7) is 3.89. The van der Waals surface area contributed by atoms with Crippen molar-refractivity contribution in [3.8, 4) is 5.75 Å². The number of methoxy groups -OCH3 is 1. The SMILES string of the molecule is COc1ccc(C)cc1CC(=O)OCC(=O)N[C@H](C)C12CC3CC(CC(C3)C1)C2. The standard InChI is InChI=1S/C24H33NO4/c1-15-4-5-21(28-3)20(6-15)10-23(27)29-14-22(26)25-16(2)24-11-17-7-18(12-24)9-19(8-17)13-24/h4-6,16-19H,7-14H2,1-3H3,(H,25,26)/t16-,17?,18?,19?,24?/m1/s1. The van der Waals surface area contributed by atoms with Gasteiger partial charge in [-0.3, -0.25) is 9.59 Å². The zero-order valence-electron chi connectivity index (χ0n) is 17.8. The van der Waals surface area contributed by atoms with Gasteiger partial charge in [-0.25, -0.2) is 0 Å². The van der Waals surface area contributed by atoms with Gasteiger partial charge in [-0.05, 0) is 81.6 Å². The number of hydrogen-bond acceptors (Lipinski definition) is 4. The van der Waals surface area contributed by atoms with E-state index in [0.29, 0.717) is 5.75 Å². The van der Waals surface area contributed by atoms with Crippen molar-refractivity contribution in [2.24, 2.45) is 23.2 Å². The first-order chi connectivity index (χ1) is 13.9. The molecule has 5 rings (SSSR count). The number of nitrogens with one attached hydrogen (secondary N) is 1. The highest BCUT2D eigenvalue weighted by molar-refractivity contribution is 5.81. The number of hydrogen-bond donors (Lipinski definition) is 1. The maximum absolute atomic E-state index is 12.5. The number of amides is 1. The van der Waals surface area contributed by atoms with Gasteiger partial charge in [0, 0.05) is 11.6 Å². The van der Waals surface area contributed by atoms with E-state index in [1.54, 1.807) is 7.11 Å². The molecule has 4 aliphatic rings. The Morgan fingerprint density at radius 3 is 2.34 bits per heavy atom. The molecule has 4 fully saturated rings. The zero-order valence-corrected chi connectivity index (χ0v) is 17.8. The second kappa shape index (κ2) is 8.00. The van der Waals surface area contributed by atoms with E-state index in [-0.39, 0.29) is 30.4 Å². The third-order valence-corrected chi connectivity index (χ3v) is 7.52. The van der Waals surface area contributed by atoms with Crippen molar-refractivity contribution in [1.82, 2.24) is 5.32 Å². The smallest absolute Gasteiger partial charge is 0.310 e. The highest BCUT2D eigenvalue weighted by Gasteiger charge is 2.53.